The van der Waals surface area contributed by atoms with Crippen molar-refractivity contribution in [1.82, 2.24) is 0 Å². The molecule has 0 aromatic heterocycles. The van der Waals surface area contributed by atoms with Gasteiger partial charge in [-0.1, -0.05) is 76.9 Å². The first-order valence-electron chi connectivity index (χ1n) is 17.4. The van der Waals surface area contributed by atoms with Crippen molar-refractivity contribution in [2.45, 2.75) is 111 Å². The Balaban J connectivity index is 0.000000293. The molecule has 5 aromatic carbocycles. The Morgan fingerprint density at radius 1 is 0.520 bits per heavy atom. The molecule has 0 fully saturated rings. The van der Waals surface area contributed by atoms with Crippen LogP contribution in [0.3, 0.4) is 0 Å². The Morgan fingerprint density at radius 2 is 0.860 bits per heavy atom. The number of fused-ring (bicyclic) bond motifs is 3. The predicted octanol–water partition coefficient (Wildman–Crippen LogP) is 7.02. The largest absolute Gasteiger partial charge is 1.00 e. The van der Waals surface area contributed by atoms with E-state index in [2.05, 4.69) is 186 Å². The molecule has 264 valence electrons. The van der Waals surface area contributed by atoms with Gasteiger partial charge < -0.3 is 24.8 Å². The molecule has 3 heteroatoms. The summed E-state index contributed by atoms with van der Waals surface area (Å²) in [5.74, 6) is 0. The third-order valence-corrected chi connectivity index (χ3v) is 10.5. The van der Waals surface area contributed by atoms with E-state index >= 15 is 0 Å². The molecule has 0 aliphatic heterocycles. The van der Waals surface area contributed by atoms with Crippen LogP contribution in [0.15, 0.2) is 109 Å². The van der Waals surface area contributed by atoms with Gasteiger partial charge in [0.05, 0.1) is 0 Å². The zero-order valence-electron chi connectivity index (χ0n) is 32.4. The molecule has 0 amide bonds. The number of hydrogen-bond donors (Lipinski definition) is 0. The Kier molecular flexibility index (Phi) is 15.2. The van der Waals surface area contributed by atoms with Crippen LogP contribution in [-0.4, -0.2) is 3.21 Å². The van der Waals surface area contributed by atoms with Gasteiger partial charge in [-0.15, -0.1) is 46.2 Å². The van der Waals surface area contributed by atoms with E-state index in [9.17, 15) is 0 Å². The van der Waals surface area contributed by atoms with Crippen LogP contribution in [0.1, 0.15) is 123 Å². The fourth-order valence-corrected chi connectivity index (χ4v) is 6.53. The van der Waals surface area contributed by atoms with Crippen molar-refractivity contribution in [2.24, 2.45) is 0 Å². The van der Waals surface area contributed by atoms with Gasteiger partial charge in [-0.3, -0.25) is 6.08 Å². The Labute approximate surface area is 331 Å². The van der Waals surface area contributed by atoms with E-state index < -0.39 is 0 Å². The molecule has 0 saturated carbocycles. The number of allylic oxidation sites excluding steroid dienone is 4. The van der Waals surface area contributed by atoms with E-state index in [1.807, 2.05) is 12.2 Å². The van der Waals surface area contributed by atoms with Crippen molar-refractivity contribution in [3.8, 4) is 0 Å². The fraction of sp³-hybridized carbons (Fsp3) is 0.362. The van der Waals surface area contributed by atoms with Gasteiger partial charge in [-0.25, -0.2) is 12.2 Å². The zero-order valence-corrected chi connectivity index (χ0v) is 36.3. The second kappa shape index (κ2) is 17.4. The first-order chi connectivity index (χ1) is 22.2. The summed E-state index contributed by atoms with van der Waals surface area (Å²) in [5, 5.41) is 5.49. The van der Waals surface area contributed by atoms with Crippen LogP contribution in [0.25, 0.3) is 21.5 Å². The summed E-state index contributed by atoms with van der Waals surface area (Å²) < 4.78 is 1.42. The van der Waals surface area contributed by atoms with Crippen LogP contribution >= 0.6 is 0 Å². The van der Waals surface area contributed by atoms with Gasteiger partial charge in [-0.05, 0) is 10.8 Å². The molecular formula is C47H56Cl2Zr-2. The van der Waals surface area contributed by atoms with E-state index in [1.54, 1.807) is 0 Å². The summed E-state index contributed by atoms with van der Waals surface area (Å²) in [6, 6.07) is 34.3. The SMILES string of the molecule is CC(C)(C)c1ccc([C](=[Zr+2])c2ccc(C(C)(C)C)cc2)cc1.CC(C)(C)c1ccc2[cH-]c3ccc(C(C)(C)C)cc3c2c1.[C-]1=CC=CC1.[Cl-].[Cl-]. The minimum Gasteiger partial charge on any atom is -1.00 e. The first kappa shape index (κ1) is 43.7. The molecule has 5 aromatic rings. The van der Waals surface area contributed by atoms with Crippen molar-refractivity contribution in [1.29, 1.82) is 0 Å². The van der Waals surface area contributed by atoms with E-state index in [0.29, 0.717) is 0 Å². The first-order valence-corrected chi connectivity index (χ1v) is 18.6. The maximum atomic E-state index is 2.99. The summed E-state index contributed by atoms with van der Waals surface area (Å²) in [6.07, 6.45) is 10.0. The Morgan fingerprint density at radius 3 is 1.12 bits per heavy atom. The molecule has 50 heavy (non-hydrogen) atoms. The van der Waals surface area contributed by atoms with Crippen LogP contribution < -0.4 is 24.8 Å². The molecule has 0 saturated heterocycles. The summed E-state index contributed by atoms with van der Waals surface area (Å²) >= 11 is 1.46. The monoisotopic (exact) mass is 780 g/mol. The molecular weight excluding hydrogens is 727 g/mol. The third-order valence-electron chi connectivity index (χ3n) is 9.10. The smallest absolute Gasteiger partial charge is 0.0145 e. The Hall–Kier alpha value is -2.44. The van der Waals surface area contributed by atoms with Gasteiger partial charge in [0.1, 0.15) is 0 Å². The second-order valence-electron chi connectivity index (χ2n) is 17.3. The third kappa shape index (κ3) is 11.5. The van der Waals surface area contributed by atoms with Crippen molar-refractivity contribution < 1.29 is 49.0 Å². The van der Waals surface area contributed by atoms with Crippen LogP contribution in [0, 0.1) is 6.08 Å². The molecule has 0 nitrogen and oxygen atoms in total. The number of benzene rings is 4. The van der Waals surface area contributed by atoms with E-state index in [-0.39, 0.29) is 46.5 Å². The fourth-order valence-electron chi connectivity index (χ4n) is 5.71. The molecule has 1 aliphatic carbocycles. The molecule has 0 radical (unpaired) electrons. The van der Waals surface area contributed by atoms with Gasteiger partial charge in [0.15, 0.2) is 0 Å². The number of hydrogen-bond acceptors (Lipinski definition) is 0. The summed E-state index contributed by atoms with van der Waals surface area (Å²) in [5.41, 5.74) is 9.10. The maximum absolute atomic E-state index is 2.99. The van der Waals surface area contributed by atoms with Gasteiger partial charge in [-0.2, -0.15) is 6.08 Å². The van der Waals surface area contributed by atoms with Gasteiger partial charge in [0, 0.05) is 0 Å². The number of halogens is 2. The standard InChI is InChI=1S/C21H25.C21H26.C5H5.2ClH.Zr/c1-20(2,3)16-9-7-14-11-15-8-10-17(21(4,5)6)13-19(15)18(14)12-16;1-20(2,3)18-11-7-16(8-12-18)15-17-9-13-19(14-10-17)21(4,5)6;1-2-4-5-3-1;;;/h7-13H,1-6H3;7-14H,1-6H3;1-3H,4H2;2*1H;/q-1;;-1;;;+2/p-2. The van der Waals surface area contributed by atoms with Gasteiger partial charge in [0.2, 0.25) is 0 Å². The normalized spacial score (nSPS) is 12.8. The Bertz CT molecular complexity index is 1770. The van der Waals surface area contributed by atoms with Crippen molar-refractivity contribution >= 4 is 24.8 Å². The molecule has 0 bridgehead atoms. The van der Waals surface area contributed by atoms with E-state index in [0.717, 1.165) is 6.42 Å². The van der Waals surface area contributed by atoms with Crippen molar-refractivity contribution in [2.75, 3.05) is 0 Å². The quantitative estimate of drug-likeness (QED) is 0.169. The van der Waals surface area contributed by atoms with Gasteiger partial charge >= 0.3 is 151 Å². The number of rotatable bonds is 2. The van der Waals surface area contributed by atoms with Crippen LogP contribution in [-0.2, 0) is 45.9 Å². The van der Waals surface area contributed by atoms with Gasteiger partial charge in [0.25, 0.3) is 0 Å². The van der Waals surface area contributed by atoms with Crippen molar-refractivity contribution in [3.63, 3.8) is 0 Å². The predicted molar refractivity (Wildman–Crippen MR) is 210 cm³/mol. The van der Waals surface area contributed by atoms with E-state index in [4.69, 9.17) is 0 Å². The maximum Gasteiger partial charge on any atom is -0.0145 e. The molecule has 0 spiro atoms. The molecule has 0 N–H and O–H groups in total. The minimum atomic E-state index is 0. The summed E-state index contributed by atoms with van der Waals surface area (Å²) in [7, 11) is 0. The molecule has 0 atom stereocenters. The summed E-state index contributed by atoms with van der Waals surface area (Å²) in [6.45, 7) is 27.2. The molecule has 0 heterocycles. The molecule has 6 rings (SSSR count). The minimum absolute atomic E-state index is 0. The van der Waals surface area contributed by atoms with Crippen LogP contribution in [0.4, 0.5) is 0 Å². The summed E-state index contributed by atoms with van der Waals surface area (Å²) in [4.78, 5) is 0. The average Bonchev–Trinajstić information content (AvgIpc) is 3.71. The van der Waals surface area contributed by atoms with Crippen LogP contribution in [0.2, 0.25) is 0 Å². The average molecular weight is 783 g/mol. The molecule has 0 unspecified atom stereocenters. The zero-order chi connectivity index (χ0) is 35.5. The molecule has 1 aliphatic rings. The van der Waals surface area contributed by atoms with Crippen molar-refractivity contribution in [3.05, 3.63) is 149 Å². The second-order valence-corrected chi connectivity index (χ2v) is 18.5. The topological polar surface area (TPSA) is 0 Å². The van der Waals surface area contributed by atoms with Crippen LogP contribution in [0.5, 0.6) is 0 Å². The van der Waals surface area contributed by atoms with E-state index in [1.165, 1.54) is 82.4 Å².